The van der Waals surface area contributed by atoms with Crippen molar-refractivity contribution in [2.45, 2.75) is 26.3 Å². The molecule has 0 aromatic carbocycles. The van der Waals surface area contributed by atoms with Crippen molar-refractivity contribution in [1.82, 2.24) is 25.4 Å². The molecule has 0 fully saturated rings. The Kier molecular flexibility index (Phi) is 8.39. The molecule has 0 aliphatic rings. The summed E-state index contributed by atoms with van der Waals surface area (Å²) in [6, 6.07) is 1.99. The quantitative estimate of drug-likeness (QED) is 0.415. The van der Waals surface area contributed by atoms with Crippen molar-refractivity contribution in [3.63, 3.8) is 0 Å². The van der Waals surface area contributed by atoms with Gasteiger partial charge in [-0.3, -0.25) is 9.67 Å². The molecule has 2 rings (SSSR count). The molecule has 0 aliphatic carbocycles. The van der Waals surface area contributed by atoms with Crippen LogP contribution in [0.4, 0.5) is 0 Å². The highest BCUT2D eigenvalue weighted by atomic mass is 127. The fourth-order valence-corrected chi connectivity index (χ4v) is 2.68. The molecule has 2 heterocycles. The van der Waals surface area contributed by atoms with Crippen molar-refractivity contribution >= 4 is 41.3 Å². The summed E-state index contributed by atoms with van der Waals surface area (Å²) in [4.78, 5) is 8.77. The maximum Gasteiger partial charge on any atom is 0.191 e. The molecule has 0 amide bonds. The molecule has 2 aromatic rings. The number of halogens is 1. The molecule has 0 radical (unpaired) electrons. The fourth-order valence-electron chi connectivity index (χ4n) is 1.90. The molecular weight excluding hydrogens is 411 g/mol. The number of aromatic nitrogens is 3. The molecule has 0 spiro atoms. The molecule has 0 aliphatic heterocycles. The normalized spacial score (nSPS) is 11.1. The first-order valence-corrected chi connectivity index (χ1v) is 7.95. The molecule has 122 valence electrons. The summed E-state index contributed by atoms with van der Waals surface area (Å²) in [5.74, 6) is 0.794. The Balaban J connectivity index is 0.00000242. The molecular formula is C14H23IN6S. The molecule has 2 N–H and O–H groups in total. The lowest BCUT2D eigenvalue weighted by Crippen LogP contribution is -2.38. The fraction of sp³-hybridized carbons (Fsp3) is 0.500. The number of guanidine groups is 1. The van der Waals surface area contributed by atoms with Gasteiger partial charge in [-0.05, 0) is 12.5 Å². The number of nitrogens with zero attached hydrogens (tertiary/aromatic N) is 4. The minimum Gasteiger partial charge on any atom is -0.356 e. The molecule has 22 heavy (non-hydrogen) atoms. The van der Waals surface area contributed by atoms with Crippen LogP contribution >= 0.6 is 35.3 Å². The van der Waals surface area contributed by atoms with Crippen molar-refractivity contribution in [1.29, 1.82) is 0 Å². The monoisotopic (exact) mass is 434 g/mol. The summed E-state index contributed by atoms with van der Waals surface area (Å²) in [5, 5.41) is 14.0. The van der Waals surface area contributed by atoms with Crippen LogP contribution in [0.3, 0.4) is 0 Å². The Morgan fingerprint density at radius 2 is 2.23 bits per heavy atom. The van der Waals surface area contributed by atoms with Crippen molar-refractivity contribution in [2.24, 2.45) is 12.0 Å². The van der Waals surface area contributed by atoms with Crippen LogP contribution in [-0.4, -0.2) is 34.3 Å². The number of hydrogen-bond acceptors (Lipinski definition) is 4. The third-order valence-electron chi connectivity index (χ3n) is 3.16. The van der Waals surface area contributed by atoms with Gasteiger partial charge >= 0.3 is 0 Å². The van der Waals surface area contributed by atoms with Crippen molar-refractivity contribution in [3.05, 3.63) is 34.0 Å². The van der Waals surface area contributed by atoms with E-state index in [-0.39, 0.29) is 24.0 Å². The molecule has 0 atom stereocenters. The van der Waals surface area contributed by atoms with Gasteiger partial charge in [-0.2, -0.15) is 5.10 Å². The number of aliphatic imine (C=N–C) groups is 1. The van der Waals surface area contributed by atoms with E-state index in [9.17, 15) is 0 Å². The van der Waals surface area contributed by atoms with Gasteiger partial charge < -0.3 is 10.6 Å². The van der Waals surface area contributed by atoms with Crippen LogP contribution in [0.25, 0.3) is 0 Å². The van der Waals surface area contributed by atoms with Gasteiger partial charge in [0.25, 0.3) is 0 Å². The third kappa shape index (κ3) is 5.56. The van der Waals surface area contributed by atoms with Crippen LogP contribution in [0.2, 0.25) is 0 Å². The average Bonchev–Trinajstić information content (AvgIpc) is 3.11. The van der Waals surface area contributed by atoms with Crippen LogP contribution in [0.5, 0.6) is 0 Å². The van der Waals surface area contributed by atoms with Crippen LogP contribution in [0.1, 0.15) is 23.3 Å². The summed E-state index contributed by atoms with van der Waals surface area (Å²) in [7, 11) is 3.71. The van der Waals surface area contributed by atoms with Gasteiger partial charge in [0.05, 0.1) is 22.9 Å². The van der Waals surface area contributed by atoms with E-state index in [1.165, 1.54) is 5.01 Å². The van der Waals surface area contributed by atoms with Crippen molar-refractivity contribution in [2.75, 3.05) is 13.6 Å². The Morgan fingerprint density at radius 3 is 2.82 bits per heavy atom. The zero-order valence-corrected chi connectivity index (χ0v) is 16.3. The van der Waals surface area contributed by atoms with E-state index in [1.807, 2.05) is 17.8 Å². The van der Waals surface area contributed by atoms with E-state index in [0.717, 1.165) is 36.7 Å². The molecule has 0 saturated heterocycles. The molecule has 2 aromatic heterocycles. The SMILES string of the molecule is CCc1nc(CCNC(=NC)NCc2ccnn2C)cs1.I. The Hall–Kier alpha value is -1.16. The number of hydrogen-bond donors (Lipinski definition) is 2. The summed E-state index contributed by atoms with van der Waals surface area (Å²) in [5.41, 5.74) is 2.26. The molecule has 0 saturated carbocycles. The van der Waals surface area contributed by atoms with Crippen LogP contribution < -0.4 is 10.6 Å². The van der Waals surface area contributed by atoms with Gasteiger partial charge in [0.2, 0.25) is 0 Å². The van der Waals surface area contributed by atoms with Crippen molar-refractivity contribution < 1.29 is 0 Å². The Labute approximate surface area is 152 Å². The summed E-state index contributed by atoms with van der Waals surface area (Å²) >= 11 is 1.73. The highest BCUT2D eigenvalue weighted by molar-refractivity contribution is 14.0. The van der Waals surface area contributed by atoms with Crippen molar-refractivity contribution in [3.8, 4) is 0 Å². The van der Waals surface area contributed by atoms with Crippen LogP contribution in [0.15, 0.2) is 22.6 Å². The number of aryl methyl sites for hydroxylation is 2. The second-order valence-electron chi connectivity index (χ2n) is 4.63. The zero-order valence-electron chi connectivity index (χ0n) is 13.2. The maximum absolute atomic E-state index is 4.56. The lowest BCUT2D eigenvalue weighted by atomic mass is 10.3. The maximum atomic E-state index is 4.56. The van der Waals surface area contributed by atoms with Gasteiger partial charge in [0.15, 0.2) is 5.96 Å². The number of nitrogens with one attached hydrogen (secondary N) is 2. The van der Waals surface area contributed by atoms with Gasteiger partial charge in [0, 0.05) is 38.6 Å². The highest BCUT2D eigenvalue weighted by Crippen LogP contribution is 2.10. The molecule has 8 heteroatoms. The minimum atomic E-state index is 0. The lowest BCUT2D eigenvalue weighted by Gasteiger charge is -2.11. The highest BCUT2D eigenvalue weighted by Gasteiger charge is 2.03. The first kappa shape index (κ1) is 18.9. The van der Waals surface area contributed by atoms with Crippen LogP contribution in [-0.2, 0) is 26.4 Å². The first-order chi connectivity index (χ1) is 10.2. The first-order valence-electron chi connectivity index (χ1n) is 7.07. The number of rotatable bonds is 6. The predicted octanol–water partition coefficient (Wildman–Crippen LogP) is 1.96. The predicted molar refractivity (Wildman–Crippen MR) is 102 cm³/mol. The summed E-state index contributed by atoms with van der Waals surface area (Å²) < 4.78 is 1.85. The van der Waals surface area contributed by atoms with E-state index in [2.05, 4.69) is 38.0 Å². The molecule has 0 bridgehead atoms. The van der Waals surface area contributed by atoms with E-state index < -0.39 is 0 Å². The van der Waals surface area contributed by atoms with E-state index in [4.69, 9.17) is 0 Å². The largest absolute Gasteiger partial charge is 0.356 e. The van der Waals surface area contributed by atoms with Gasteiger partial charge in [0.1, 0.15) is 0 Å². The third-order valence-corrected chi connectivity index (χ3v) is 4.20. The molecule has 0 unspecified atom stereocenters. The Morgan fingerprint density at radius 1 is 1.41 bits per heavy atom. The standard InChI is InChI=1S/C14H22N6S.HI/c1-4-13-19-11(10-21-13)5-7-16-14(15-2)17-9-12-6-8-18-20(12)3;/h6,8,10H,4-5,7,9H2,1-3H3,(H2,15,16,17);1H. The Bertz CT molecular complexity index is 592. The van der Waals surface area contributed by atoms with Gasteiger partial charge in [-0.1, -0.05) is 6.92 Å². The second-order valence-corrected chi connectivity index (χ2v) is 5.58. The van der Waals surface area contributed by atoms with Gasteiger partial charge in [-0.15, -0.1) is 35.3 Å². The van der Waals surface area contributed by atoms with E-state index >= 15 is 0 Å². The smallest absolute Gasteiger partial charge is 0.191 e. The zero-order chi connectivity index (χ0) is 15.1. The second kappa shape index (κ2) is 9.78. The average molecular weight is 434 g/mol. The van der Waals surface area contributed by atoms with Gasteiger partial charge in [-0.25, -0.2) is 4.98 Å². The van der Waals surface area contributed by atoms with E-state index in [1.54, 1.807) is 24.6 Å². The van der Waals surface area contributed by atoms with Crippen LogP contribution in [0, 0.1) is 0 Å². The minimum absolute atomic E-state index is 0. The summed E-state index contributed by atoms with van der Waals surface area (Å²) in [6.07, 6.45) is 3.70. The molecule has 6 nitrogen and oxygen atoms in total. The lowest BCUT2D eigenvalue weighted by molar-refractivity contribution is 0.683. The number of thiazole rings is 1. The topological polar surface area (TPSA) is 67.1 Å². The van der Waals surface area contributed by atoms with E-state index in [0.29, 0.717) is 6.54 Å². The summed E-state index contributed by atoms with van der Waals surface area (Å²) in [6.45, 7) is 3.65.